The Morgan fingerprint density at radius 3 is 1.87 bits per heavy atom. The van der Waals surface area contributed by atoms with Crippen LogP contribution in [0.3, 0.4) is 0 Å². The molecule has 0 saturated heterocycles. The Morgan fingerprint density at radius 2 is 1.48 bits per heavy atom. The Balaban J connectivity index is 3.17. The zero-order valence-electron chi connectivity index (χ0n) is 15.4. The van der Waals surface area contributed by atoms with Crippen molar-refractivity contribution in [2.45, 2.75) is 81.7 Å². The molecule has 0 aromatic carbocycles. The zero-order chi connectivity index (χ0) is 18.0. The van der Waals surface area contributed by atoms with Crippen molar-refractivity contribution in [3.8, 4) is 0 Å². The molecule has 0 spiro atoms. The van der Waals surface area contributed by atoms with Crippen molar-refractivity contribution in [3.63, 3.8) is 0 Å². The molecule has 23 heavy (non-hydrogen) atoms. The second-order valence-corrected chi connectivity index (χ2v) is 11.6. The average molecular weight is 360 g/mol. The van der Waals surface area contributed by atoms with Crippen LogP contribution in [0.1, 0.15) is 55.4 Å². The average Bonchev–Trinajstić information content (AvgIpc) is 2.27. The fraction of sp³-hybridized carbons (Fsp3) is 0.765. The minimum Gasteiger partial charge on any atom is -0.440 e. The summed E-state index contributed by atoms with van der Waals surface area (Å²) in [4.78, 5) is 25.6. The van der Waals surface area contributed by atoms with Crippen LogP contribution in [0, 0.1) is 0 Å². The molecular formula is C17H29NO3S2. The number of hydrogen-bond donors (Lipinski definition) is 0. The van der Waals surface area contributed by atoms with E-state index in [-0.39, 0.29) is 32.0 Å². The lowest BCUT2D eigenvalue weighted by atomic mass is 10.2. The van der Waals surface area contributed by atoms with Crippen molar-refractivity contribution < 1.29 is 14.3 Å². The normalized spacial score (nSPS) is 25.4. The molecule has 1 rings (SSSR count). The van der Waals surface area contributed by atoms with Crippen LogP contribution in [0.5, 0.6) is 0 Å². The standard InChI is InChI=1S/C17H29NO3S2/c1-11(19)18-14(23-17(6,7)8)10-9-13(22-16(3,4)5)15(18)21-12(2)20/h9-10,13-15H,1-8H3. The Hall–Kier alpha value is -0.620. The van der Waals surface area contributed by atoms with Gasteiger partial charge in [-0.3, -0.25) is 14.5 Å². The van der Waals surface area contributed by atoms with Crippen molar-refractivity contribution in [3.05, 3.63) is 12.2 Å². The molecule has 132 valence electrons. The molecule has 1 heterocycles. The number of carbonyl (C=O) groups is 2. The van der Waals surface area contributed by atoms with Crippen LogP contribution in [-0.4, -0.2) is 43.1 Å². The summed E-state index contributed by atoms with van der Waals surface area (Å²) in [5.41, 5.74) is 0. The van der Waals surface area contributed by atoms with Crippen molar-refractivity contribution >= 4 is 35.4 Å². The van der Waals surface area contributed by atoms with E-state index in [2.05, 4.69) is 53.7 Å². The fourth-order valence-electron chi connectivity index (χ4n) is 2.31. The molecule has 0 radical (unpaired) electrons. The zero-order valence-corrected chi connectivity index (χ0v) is 17.0. The number of thioether (sulfide) groups is 2. The van der Waals surface area contributed by atoms with Gasteiger partial charge in [0.2, 0.25) is 5.91 Å². The number of nitrogens with zero attached hydrogens (tertiary/aromatic N) is 1. The molecule has 0 aromatic rings. The smallest absolute Gasteiger partial charge is 0.304 e. The number of amides is 1. The second kappa shape index (κ2) is 7.51. The van der Waals surface area contributed by atoms with Crippen LogP contribution in [-0.2, 0) is 14.3 Å². The van der Waals surface area contributed by atoms with Gasteiger partial charge in [-0.2, -0.15) is 0 Å². The molecule has 6 heteroatoms. The first-order chi connectivity index (χ1) is 10.3. The predicted octanol–water partition coefficient (Wildman–Crippen LogP) is 4.05. The molecule has 1 amide bonds. The van der Waals surface area contributed by atoms with Gasteiger partial charge in [0.05, 0.1) is 5.25 Å². The van der Waals surface area contributed by atoms with Gasteiger partial charge in [0.15, 0.2) is 6.23 Å². The summed E-state index contributed by atoms with van der Waals surface area (Å²) in [5.74, 6) is -0.447. The molecule has 4 nitrogen and oxygen atoms in total. The lowest BCUT2D eigenvalue weighted by molar-refractivity contribution is -0.162. The highest BCUT2D eigenvalue weighted by atomic mass is 32.2. The van der Waals surface area contributed by atoms with Crippen molar-refractivity contribution in [2.24, 2.45) is 0 Å². The summed E-state index contributed by atoms with van der Waals surface area (Å²) in [6.07, 6.45) is 3.56. The Bertz CT molecular complexity index is 477. The maximum atomic E-state index is 12.3. The van der Waals surface area contributed by atoms with E-state index in [1.54, 1.807) is 28.4 Å². The highest BCUT2D eigenvalue weighted by Crippen LogP contribution is 2.40. The number of hydrogen-bond acceptors (Lipinski definition) is 5. The van der Waals surface area contributed by atoms with Crippen molar-refractivity contribution in [1.82, 2.24) is 4.90 Å². The maximum absolute atomic E-state index is 12.3. The van der Waals surface area contributed by atoms with Crippen LogP contribution in [0.25, 0.3) is 0 Å². The fourth-order valence-corrected chi connectivity index (χ4v) is 4.88. The predicted molar refractivity (Wildman–Crippen MR) is 99.5 cm³/mol. The van der Waals surface area contributed by atoms with E-state index < -0.39 is 6.23 Å². The molecule has 3 unspecified atom stereocenters. The molecular weight excluding hydrogens is 330 g/mol. The number of ether oxygens (including phenoxy) is 1. The molecule has 3 atom stereocenters. The summed E-state index contributed by atoms with van der Waals surface area (Å²) in [6.45, 7) is 15.6. The lowest BCUT2D eigenvalue weighted by Crippen LogP contribution is -2.54. The third-order valence-electron chi connectivity index (χ3n) is 2.91. The van der Waals surface area contributed by atoms with Gasteiger partial charge in [0, 0.05) is 23.3 Å². The van der Waals surface area contributed by atoms with E-state index in [9.17, 15) is 9.59 Å². The summed E-state index contributed by atoms with van der Waals surface area (Å²) in [6, 6.07) is 0. The van der Waals surface area contributed by atoms with Crippen LogP contribution in [0.15, 0.2) is 12.2 Å². The van der Waals surface area contributed by atoms with Gasteiger partial charge >= 0.3 is 5.97 Å². The van der Waals surface area contributed by atoms with Gasteiger partial charge in [-0.05, 0) is 0 Å². The monoisotopic (exact) mass is 359 g/mol. The van der Waals surface area contributed by atoms with Gasteiger partial charge in [0.1, 0.15) is 5.37 Å². The first kappa shape index (κ1) is 20.4. The third kappa shape index (κ3) is 6.79. The first-order valence-corrected chi connectivity index (χ1v) is 9.56. The molecule has 1 aliphatic heterocycles. The Kier molecular flexibility index (Phi) is 6.67. The van der Waals surface area contributed by atoms with Gasteiger partial charge in [-0.25, -0.2) is 0 Å². The number of carbonyl (C=O) groups excluding carboxylic acids is 2. The Morgan fingerprint density at radius 1 is 0.957 bits per heavy atom. The lowest BCUT2D eigenvalue weighted by Gasteiger charge is -2.44. The largest absolute Gasteiger partial charge is 0.440 e. The molecule has 0 aromatic heterocycles. The number of rotatable bonds is 3. The van der Waals surface area contributed by atoms with E-state index in [4.69, 9.17) is 4.74 Å². The van der Waals surface area contributed by atoms with Crippen LogP contribution < -0.4 is 0 Å². The van der Waals surface area contributed by atoms with E-state index in [0.717, 1.165) is 0 Å². The third-order valence-corrected chi connectivity index (χ3v) is 5.61. The topological polar surface area (TPSA) is 46.6 Å². The highest BCUT2D eigenvalue weighted by Gasteiger charge is 2.41. The van der Waals surface area contributed by atoms with E-state index >= 15 is 0 Å². The summed E-state index contributed by atoms with van der Waals surface area (Å²) >= 11 is 3.38. The van der Waals surface area contributed by atoms with Crippen molar-refractivity contribution in [2.75, 3.05) is 0 Å². The van der Waals surface area contributed by atoms with Gasteiger partial charge < -0.3 is 4.74 Å². The van der Waals surface area contributed by atoms with Gasteiger partial charge in [-0.1, -0.05) is 53.7 Å². The molecule has 0 bridgehead atoms. The highest BCUT2D eigenvalue weighted by molar-refractivity contribution is 8.01. The van der Waals surface area contributed by atoms with Crippen LogP contribution in [0.2, 0.25) is 0 Å². The van der Waals surface area contributed by atoms with Crippen molar-refractivity contribution in [1.29, 1.82) is 0 Å². The van der Waals surface area contributed by atoms with E-state index in [1.807, 2.05) is 0 Å². The van der Waals surface area contributed by atoms with E-state index in [0.29, 0.717) is 0 Å². The summed E-state index contributed by atoms with van der Waals surface area (Å²) in [7, 11) is 0. The molecule has 0 aliphatic carbocycles. The van der Waals surface area contributed by atoms with Gasteiger partial charge in [-0.15, -0.1) is 23.5 Å². The summed E-state index contributed by atoms with van der Waals surface area (Å²) in [5, 5.41) is -0.201. The quantitative estimate of drug-likeness (QED) is 0.562. The van der Waals surface area contributed by atoms with Crippen LogP contribution in [0.4, 0.5) is 0 Å². The number of esters is 1. The van der Waals surface area contributed by atoms with Crippen LogP contribution >= 0.6 is 23.5 Å². The molecule has 1 aliphatic rings. The minimum atomic E-state index is -0.570. The minimum absolute atomic E-state index is 0.000128. The second-order valence-electron chi connectivity index (χ2n) is 7.63. The maximum Gasteiger partial charge on any atom is 0.304 e. The molecule has 0 N–H and O–H groups in total. The Labute approximate surface area is 148 Å². The SMILES string of the molecule is CC(=O)OC1C(SC(C)(C)C)C=CC(SC(C)(C)C)N1C(C)=O. The first-order valence-electron chi connectivity index (χ1n) is 7.80. The van der Waals surface area contributed by atoms with Gasteiger partial charge in [0.25, 0.3) is 0 Å². The molecule has 0 saturated carbocycles. The van der Waals surface area contributed by atoms with E-state index in [1.165, 1.54) is 13.8 Å². The summed E-state index contributed by atoms with van der Waals surface area (Å²) < 4.78 is 5.54. The molecule has 0 fully saturated rings.